The normalized spacial score (nSPS) is 9.57. The predicted molar refractivity (Wildman–Crippen MR) is 53.8 cm³/mol. The molecule has 4 N–H and O–H groups in total. The van der Waals surface area contributed by atoms with E-state index in [0.717, 1.165) is 0 Å². The Morgan fingerprint density at radius 1 is 1.21 bits per heavy atom. The van der Waals surface area contributed by atoms with Crippen molar-refractivity contribution in [1.82, 2.24) is 15.5 Å². The maximum absolute atomic E-state index is 11.1. The van der Waals surface area contributed by atoms with E-state index in [9.17, 15) is 9.59 Å². The van der Waals surface area contributed by atoms with Crippen LogP contribution in [0.25, 0.3) is 0 Å². The number of nitrogens with one attached hydrogen (secondary N) is 2. The fourth-order valence-electron chi connectivity index (χ4n) is 0.818. The van der Waals surface area contributed by atoms with Gasteiger partial charge in [-0.25, -0.2) is 4.79 Å². The first-order valence-corrected chi connectivity index (χ1v) is 4.48. The molecule has 0 unspecified atom stereocenters. The fourth-order valence-corrected chi connectivity index (χ4v) is 0.818. The van der Waals surface area contributed by atoms with E-state index in [0.29, 0.717) is 26.1 Å². The molecule has 0 saturated carbocycles. The van der Waals surface area contributed by atoms with Crippen molar-refractivity contribution < 1.29 is 9.59 Å². The molecule has 0 atom stereocenters. The van der Waals surface area contributed by atoms with Gasteiger partial charge in [0.15, 0.2) is 0 Å². The van der Waals surface area contributed by atoms with Crippen LogP contribution in [0.2, 0.25) is 0 Å². The number of nitrogens with two attached hydrogens (primary N) is 1. The van der Waals surface area contributed by atoms with Gasteiger partial charge >= 0.3 is 6.03 Å². The molecule has 3 amide bonds. The third kappa shape index (κ3) is 7.35. The maximum atomic E-state index is 11.1. The van der Waals surface area contributed by atoms with E-state index in [2.05, 4.69) is 10.6 Å². The van der Waals surface area contributed by atoms with Crippen molar-refractivity contribution in [3.8, 4) is 0 Å². The Morgan fingerprint density at radius 3 is 2.36 bits per heavy atom. The van der Waals surface area contributed by atoms with Crippen LogP contribution in [0.3, 0.4) is 0 Å². The van der Waals surface area contributed by atoms with Crippen molar-refractivity contribution in [2.24, 2.45) is 5.73 Å². The average molecular weight is 202 g/mol. The van der Waals surface area contributed by atoms with Crippen LogP contribution in [0.5, 0.6) is 0 Å². The second kappa shape index (κ2) is 7.14. The first-order chi connectivity index (χ1) is 6.54. The molecule has 0 aromatic heterocycles. The van der Waals surface area contributed by atoms with Gasteiger partial charge in [-0.15, -0.1) is 0 Å². The van der Waals surface area contributed by atoms with Gasteiger partial charge in [0.1, 0.15) is 0 Å². The number of hydrogen-bond donors (Lipinski definition) is 3. The monoisotopic (exact) mass is 202 g/mol. The molecule has 0 bridgehead atoms. The molecule has 0 heterocycles. The predicted octanol–water partition coefficient (Wildman–Crippen LogP) is -1.28. The summed E-state index contributed by atoms with van der Waals surface area (Å²) in [6.07, 6.45) is 0.462. The minimum atomic E-state index is -0.531. The first kappa shape index (κ1) is 12.7. The highest BCUT2D eigenvalue weighted by Gasteiger charge is 2.01. The molecule has 0 radical (unpaired) electrons. The molecule has 0 aromatic rings. The number of urea groups is 1. The number of carbonyl (C=O) groups excluding carboxylic acids is 2. The Hall–Kier alpha value is -1.30. The Balaban J connectivity index is 3.22. The van der Waals surface area contributed by atoms with E-state index in [1.807, 2.05) is 0 Å². The van der Waals surface area contributed by atoms with Crippen LogP contribution in [-0.2, 0) is 4.79 Å². The second-order valence-electron chi connectivity index (χ2n) is 3.08. The third-order valence-electron chi connectivity index (χ3n) is 1.62. The van der Waals surface area contributed by atoms with E-state index in [-0.39, 0.29) is 5.91 Å². The minimum absolute atomic E-state index is 0.0837. The van der Waals surface area contributed by atoms with Crippen molar-refractivity contribution in [2.45, 2.75) is 6.42 Å². The number of rotatable bonds is 6. The Labute approximate surface area is 83.8 Å². The quantitative estimate of drug-likeness (QED) is 0.469. The highest BCUT2D eigenvalue weighted by atomic mass is 16.2. The molecule has 14 heavy (non-hydrogen) atoms. The van der Waals surface area contributed by atoms with Crippen LogP contribution >= 0.6 is 0 Å². The zero-order valence-electron chi connectivity index (χ0n) is 8.67. The largest absolute Gasteiger partial charge is 0.352 e. The SMILES string of the molecule is CN(C)C(=O)CCNCCNC(N)=O. The molecule has 0 aliphatic rings. The molecular weight excluding hydrogens is 184 g/mol. The zero-order chi connectivity index (χ0) is 11.0. The summed E-state index contributed by atoms with van der Waals surface area (Å²) in [4.78, 5) is 22.9. The van der Waals surface area contributed by atoms with Crippen LogP contribution < -0.4 is 16.4 Å². The van der Waals surface area contributed by atoms with E-state index in [4.69, 9.17) is 5.73 Å². The number of hydrogen-bond acceptors (Lipinski definition) is 3. The lowest BCUT2D eigenvalue weighted by Crippen LogP contribution is -2.36. The zero-order valence-corrected chi connectivity index (χ0v) is 8.67. The van der Waals surface area contributed by atoms with Crippen molar-refractivity contribution in [3.05, 3.63) is 0 Å². The Bertz CT molecular complexity index is 194. The van der Waals surface area contributed by atoms with Crippen molar-refractivity contribution in [3.63, 3.8) is 0 Å². The molecule has 0 aromatic carbocycles. The van der Waals surface area contributed by atoms with Crippen molar-refractivity contribution in [2.75, 3.05) is 33.7 Å². The number of carbonyl (C=O) groups is 2. The standard InChI is InChI=1S/C8H18N4O2/c1-12(2)7(13)3-4-10-5-6-11-8(9)14/h10H,3-6H2,1-2H3,(H3,9,11,14). The van der Waals surface area contributed by atoms with Crippen LogP contribution in [0, 0.1) is 0 Å². The van der Waals surface area contributed by atoms with Gasteiger partial charge in [-0.2, -0.15) is 0 Å². The fraction of sp³-hybridized carbons (Fsp3) is 0.750. The summed E-state index contributed by atoms with van der Waals surface area (Å²) in [6, 6.07) is -0.531. The van der Waals surface area contributed by atoms with Crippen molar-refractivity contribution in [1.29, 1.82) is 0 Å². The van der Waals surface area contributed by atoms with Crippen LogP contribution in [0.4, 0.5) is 4.79 Å². The number of primary amides is 1. The summed E-state index contributed by atoms with van der Waals surface area (Å²) in [6.45, 7) is 1.70. The van der Waals surface area contributed by atoms with E-state index in [1.54, 1.807) is 19.0 Å². The summed E-state index contributed by atoms with van der Waals surface area (Å²) in [7, 11) is 3.44. The molecule has 6 heteroatoms. The van der Waals surface area contributed by atoms with Gasteiger partial charge in [0, 0.05) is 40.2 Å². The van der Waals surface area contributed by atoms with E-state index in [1.165, 1.54) is 0 Å². The van der Waals surface area contributed by atoms with E-state index >= 15 is 0 Å². The summed E-state index contributed by atoms with van der Waals surface area (Å²) < 4.78 is 0. The molecule has 0 aliphatic heterocycles. The summed E-state index contributed by atoms with van der Waals surface area (Å²) in [5.41, 5.74) is 4.86. The molecule has 0 fully saturated rings. The molecule has 0 spiro atoms. The highest BCUT2D eigenvalue weighted by Crippen LogP contribution is 1.83. The van der Waals surface area contributed by atoms with Crippen LogP contribution in [0.15, 0.2) is 0 Å². The van der Waals surface area contributed by atoms with Crippen LogP contribution in [0.1, 0.15) is 6.42 Å². The second-order valence-corrected chi connectivity index (χ2v) is 3.08. The van der Waals surface area contributed by atoms with Gasteiger partial charge in [0.2, 0.25) is 5.91 Å². The lowest BCUT2D eigenvalue weighted by atomic mass is 10.4. The number of nitrogens with zero attached hydrogens (tertiary/aromatic N) is 1. The molecule has 6 nitrogen and oxygen atoms in total. The lowest BCUT2D eigenvalue weighted by molar-refractivity contribution is -0.128. The topological polar surface area (TPSA) is 87.5 Å². The van der Waals surface area contributed by atoms with Gasteiger partial charge in [-0.1, -0.05) is 0 Å². The third-order valence-corrected chi connectivity index (χ3v) is 1.62. The van der Waals surface area contributed by atoms with Gasteiger partial charge < -0.3 is 21.3 Å². The van der Waals surface area contributed by atoms with Gasteiger partial charge in [0.05, 0.1) is 0 Å². The van der Waals surface area contributed by atoms with Gasteiger partial charge in [0.25, 0.3) is 0 Å². The minimum Gasteiger partial charge on any atom is -0.352 e. The molecule has 0 saturated heterocycles. The van der Waals surface area contributed by atoms with E-state index < -0.39 is 6.03 Å². The average Bonchev–Trinajstić information content (AvgIpc) is 2.09. The first-order valence-electron chi connectivity index (χ1n) is 4.48. The molecule has 0 aliphatic carbocycles. The summed E-state index contributed by atoms with van der Waals surface area (Å²) >= 11 is 0. The highest BCUT2D eigenvalue weighted by molar-refractivity contribution is 5.75. The molecular formula is C8H18N4O2. The Morgan fingerprint density at radius 2 is 1.86 bits per heavy atom. The smallest absolute Gasteiger partial charge is 0.312 e. The maximum Gasteiger partial charge on any atom is 0.312 e. The van der Waals surface area contributed by atoms with Crippen molar-refractivity contribution >= 4 is 11.9 Å². The molecule has 82 valence electrons. The lowest BCUT2D eigenvalue weighted by Gasteiger charge is -2.10. The van der Waals surface area contributed by atoms with Crippen LogP contribution in [-0.4, -0.2) is 50.6 Å². The van der Waals surface area contributed by atoms with Gasteiger partial charge in [-0.05, 0) is 0 Å². The van der Waals surface area contributed by atoms with Gasteiger partial charge in [-0.3, -0.25) is 4.79 Å². The summed E-state index contributed by atoms with van der Waals surface area (Å²) in [5.74, 6) is 0.0837. The molecule has 0 rings (SSSR count). The summed E-state index contributed by atoms with van der Waals surface area (Å²) in [5, 5.41) is 5.45. The number of amides is 3. The Kier molecular flexibility index (Phi) is 6.47.